The van der Waals surface area contributed by atoms with E-state index in [1.807, 2.05) is 42.5 Å². The van der Waals surface area contributed by atoms with Gasteiger partial charge in [0.05, 0.1) is 31.6 Å². The predicted octanol–water partition coefficient (Wildman–Crippen LogP) is 3.32. The maximum atomic E-state index is 11.5. The number of nitrogens with one attached hydrogen (secondary N) is 2. The quantitative estimate of drug-likeness (QED) is 0.397. The van der Waals surface area contributed by atoms with Crippen LogP contribution in [0.4, 0.5) is 11.7 Å². The highest BCUT2D eigenvalue weighted by molar-refractivity contribution is 5.78. The number of carbonyl (C=O) groups excluding carboxylic acids is 1. The zero-order valence-electron chi connectivity index (χ0n) is 16.8. The summed E-state index contributed by atoms with van der Waals surface area (Å²) in [6.07, 6.45) is 4.62. The van der Waals surface area contributed by atoms with E-state index in [0.29, 0.717) is 29.8 Å². The average molecular weight is 419 g/mol. The Morgan fingerprint density at radius 2 is 2.00 bits per heavy atom. The summed E-state index contributed by atoms with van der Waals surface area (Å²) in [5, 5.41) is 5.90. The standard InChI is InChI=1S/C22H21N5O4/c1-29-18-8-15(6-7-17(18)19-11-24-13-30-19)27-22-26-12-20(31-22)16-5-3-2-4-14(16)10-25-21(28)9-23/h2-8,11-13H,9-10,23H2,1H3,(H,25,28)(H,26,27). The highest BCUT2D eigenvalue weighted by Gasteiger charge is 2.13. The summed E-state index contributed by atoms with van der Waals surface area (Å²) in [6, 6.07) is 13.5. The van der Waals surface area contributed by atoms with Crippen LogP contribution in [-0.4, -0.2) is 29.5 Å². The number of rotatable bonds is 8. The number of nitrogens with zero attached hydrogens (tertiary/aromatic N) is 2. The van der Waals surface area contributed by atoms with E-state index in [9.17, 15) is 4.79 Å². The van der Waals surface area contributed by atoms with Crippen LogP contribution in [-0.2, 0) is 11.3 Å². The van der Waals surface area contributed by atoms with Crippen LogP contribution in [0.25, 0.3) is 22.6 Å². The van der Waals surface area contributed by atoms with E-state index in [1.54, 1.807) is 19.5 Å². The zero-order chi connectivity index (χ0) is 21.6. The van der Waals surface area contributed by atoms with Crippen LogP contribution in [0.3, 0.4) is 0 Å². The van der Waals surface area contributed by atoms with E-state index in [0.717, 1.165) is 22.4 Å². The molecule has 0 fully saturated rings. The normalized spacial score (nSPS) is 10.6. The summed E-state index contributed by atoms with van der Waals surface area (Å²) in [4.78, 5) is 19.7. The number of hydrogen-bond acceptors (Lipinski definition) is 8. The van der Waals surface area contributed by atoms with Crippen molar-refractivity contribution in [3.63, 3.8) is 0 Å². The third-order valence-electron chi connectivity index (χ3n) is 4.60. The fourth-order valence-corrected chi connectivity index (χ4v) is 3.08. The Kier molecular flexibility index (Phi) is 5.95. The first-order valence-electron chi connectivity index (χ1n) is 9.52. The van der Waals surface area contributed by atoms with Gasteiger partial charge in [0.2, 0.25) is 5.91 Å². The van der Waals surface area contributed by atoms with E-state index in [2.05, 4.69) is 20.6 Å². The zero-order valence-corrected chi connectivity index (χ0v) is 16.8. The van der Waals surface area contributed by atoms with Gasteiger partial charge >= 0.3 is 0 Å². The first kappa shape index (κ1) is 20.2. The molecule has 0 atom stereocenters. The minimum absolute atomic E-state index is 0.0583. The Morgan fingerprint density at radius 1 is 1.13 bits per heavy atom. The SMILES string of the molecule is COc1cc(Nc2ncc(-c3ccccc3CNC(=O)CN)o2)ccc1-c1cnco1. The molecular formula is C22H21N5O4. The van der Waals surface area contributed by atoms with Crippen molar-refractivity contribution in [2.75, 3.05) is 19.0 Å². The summed E-state index contributed by atoms with van der Waals surface area (Å²) >= 11 is 0. The molecule has 9 heteroatoms. The summed E-state index contributed by atoms with van der Waals surface area (Å²) < 4.78 is 16.7. The molecule has 2 heterocycles. The van der Waals surface area contributed by atoms with Gasteiger partial charge in [-0.1, -0.05) is 24.3 Å². The molecule has 0 aliphatic heterocycles. The maximum Gasteiger partial charge on any atom is 0.299 e. The number of hydrogen-bond donors (Lipinski definition) is 3. The number of oxazole rings is 2. The summed E-state index contributed by atoms with van der Waals surface area (Å²) in [5.74, 6) is 1.58. The van der Waals surface area contributed by atoms with Crippen molar-refractivity contribution in [1.82, 2.24) is 15.3 Å². The van der Waals surface area contributed by atoms with Crippen LogP contribution in [0.1, 0.15) is 5.56 Å². The molecule has 1 amide bonds. The second-order valence-electron chi connectivity index (χ2n) is 6.57. The first-order chi connectivity index (χ1) is 15.2. The number of aromatic nitrogens is 2. The van der Waals surface area contributed by atoms with Gasteiger partial charge in [-0.2, -0.15) is 0 Å². The smallest absolute Gasteiger partial charge is 0.299 e. The third-order valence-corrected chi connectivity index (χ3v) is 4.60. The molecule has 31 heavy (non-hydrogen) atoms. The first-order valence-corrected chi connectivity index (χ1v) is 9.52. The molecule has 0 aliphatic carbocycles. The Hall–Kier alpha value is -4.11. The lowest BCUT2D eigenvalue weighted by Crippen LogP contribution is -2.29. The van der Waals surface area contributed by atoms with Gasteiger partial charge in [-0.05, 0) is 17.7 Å². The van der Waals surface area contributed by atoms with E-state index in [4.69, 9.17) is 19.3 Å². The molecule has 4 N–H and O–H groups in total. The largest absolute Gasteiger partial charge is 0.496 e. The number of anilines is 2. The molecule has 0 spiro atoms. The van der Waals surface area contributed by atoms with Crippen molar-refractivity contribution >= 4 is 17.6 Å². The van der Waals surface area contributed by atoms with E-state index in [1.165, 1.54) is 6.39 Å². The van der Waals surface area contributed by atoms with E-state index in [-0.39, 0.29) is 12.5 Å². The van der Waals surface area contributed by atoms with Crippen molar-refractivity contribution in [3.8, 4) is 28.4 Å². The lowest BCUT2D eigenvalue weighted by Gasteiger charge is -2.09. The van der Waals surface area contributed by atoms with Crippen LogP contribution in [0.2, 0.25) is 0 Å². The van der Waals surface area contributed by atoms with Crippen molar-refractivity contribution in [3.05, 3.63) is 66.8 Å². The molecule has 0 saturated carbocycles. The molecule has 0 aliphatic rings. The lowest BCUT2D eigenvalue weighted by molar-refractivity contribution is -0.119. The van der Waals surface area contributed by atoms with Gasteiger partial charge in [0, 0.05) is 23.9 Å². The average Bonchev–Trinajstić information content (AvgIpc) is 3.50. The van der Waals surface area contributed by atoms with Gasteiger partial charge in [-0.3, -0.25) is 4.79 Å². The fourth-order valence-electron chi connectivity index (χ4n) is 3.08. The summed E-state index contributed by atoms with van der Waals surface area (Å²) in [7, 11) is 1.59. The number of nitrogens with two attached hydrogens (primary N) is 1. The Bertz CT molecular complexity index is 1170. The topological polar surface area (TPSA) is 128 Å². The van der Waals surface area contributed by atoms with Gasteiger partial charge in [0.1, 0.15) is 5.75 Å². The summed E-state index contributed by atoms with van der Waals surface area (Å²) in [6.45, 7) is 0.285. The van der Waals surface area contributed by atoms with Crippen molar-refractivity contribution < 1.29 is 18.4 Å². The molecule has 0 unspecified atom stereocenters. The molecule has 158 valence electrons. The molecular weight excluding hydrogens is 398 g/mol. The molecule has 4 aromatic rings. The minimum Gasteiger partial charge on any atom is -0.496 e. The highest BCUT2D eigenvalue weighted by atomic mass is 16.5. The summed E-state index contributed by atoms with van der Waals surface area (Å²) in [5.41, 5.74) is 8.60. The van der Waals surface area contributed by atoms with Gasteiger partial charge in [-0.25, -0.2) is 9.97 Å². The van der Waals surface area contributed by atoms with Crippen molar-refractivity contribution in [2.24, 2.45) is 5.73 Å². The molecule has 9 nitrogen and oxygen atoms in total. The Labute approximate surface area is 178 Å². The van der Waals surface area contributed by atoms with E-state index < -0.39 is 0 Å². The van der Waals surface area contributed by atoms with Gasteiger partial charge in [-0.15, -0.1) is 0 Å². The fraction of sp³-hybridized carbons (Fsp3) is 0.136. The maximum absolute atomic E-state index is 11.5. The van der Waals surface area contributed by atoms with E-state index >= 15 is 0 Å². The van der Waals surface area contributed by atoms with Crippen LogP contribution >= 0.6 is 0 Å². The predicted molar refractivity (Wildman–Crippen MR) is 115 cm³/mol. The second-order valence-corrected chi connectivity index (χ2v) is 6.57. The molecule has 0 radical (unpaired) electrons. The van der Waals surface area contributed by atoms with Gasteiger partial charge in [0.15, 0.2) is 17.9 Å². The van der Waals surface area contributed by atoms with Crippen LogP contribution in [0.5, 0.6) is 5.75 Å². The van der Waals surface area contributed by atoms with Crippen LogP contribution in [0.15, 0.2) is 70.1 Å². The number of carbonyl (C=O) groups is 1. The Morgan fingerprint density at radius 3 is 2.77 bits per heavy atom. The third kappa shape index (κ3) is 4.57. The van der Waals surface area contributed by atoms with Crippen LogP contribution < -0.4 is 21.1 Å². The van der Waals surface area contributed by atoms with Gasteiger partial charge in [0.25, 0.3) is 6.01 Å². The lowest BCUT2D eigenvalue weighted by atomic mass is 10.1. The monoisotopic (exact) mass is 419 g/mol. The molecule has 0 saturated heterocycles. The van der Waals surface area contributed by atoms with Gasteiger partial charge < -0.3 is 29.9 Å². The molecule has 2 aromatic heterocycles. The molecule has 2 aromatic carbocycles. The molecule has 0 bridgehead atoms. The Balaban J connectivity index is 1.53. The minimum atomic E-state index is -0.225. The number of amides is 1. The van der Waals surface area contributed by atoms with Crippen LogP contribution in [0, 0.1) is 0 Å². The van der Waals surface area contributed by atoms with Crippen molar-refractivity contribution in [2.45, 2.75) is 6.54 Å². The number of ether oxygens (including phenoxy) is 1. The molecule has 4 rings (SSSR count). The second kappa shape index (κ2) is 9.14. The van der Waals surface area contributed by atoms with Crippen molar-refractivity contribution in [1.29, 1.82) is 0 Å². The number of methoxy groups -OCH3 is 1. The highest BCUT2D eigenvalue weighted by Crippen LogP contribution is 2.34. The number of benzene rings is 2.